The standard InChI is InChI=1S/C37H25N.C26H20/c1-2-11-25(12-3-1)26-13-10-14-27(23-26)38-28-21-22-32-31-17-6-9-20-35(31)37(36(32)24-28)33-18-7-4-15-29(33)30-16-5-8-19-34(30)37;1-3-11-18-19-12-5-8-15-23(19)26(22(18)4-2)24-16-9-6-13-20(24)21-14-7-10-17-25(21)26/h1-24,38H;3-17H,2H2,1H3/b;11-3-. The van der Waals surface area contributed by atoms with Crippen LogP contribution in [-0.4, -0.2) is 0 Å². The highest BCUT2D eigenvalue weighted by molar-refractivity contribution is 5.98. The summed E-state index contributed by atoms with van der Waals surface area (Å²) in [5, 5.41) is 3.72. The van der Waals surface area contributed by atoms with E-state index >= 15 is 0 Å². The van der Waals surface area contributed by atoms with Crippen LogP contribution in [-0.2, 0) is 10.8 Å². The van der Waals surface area contributed by atoms with Gasteiger partial charge in [0.25, 0.3) is 0 Å². The maximum Gasteiger partial charge on any atom is 0.0726 e. The molecule has 1 nitrogen and oxygen atoms in total. The summed E-state index contributed by atoms with van der Waals surface area (Å²) >= 11 is 0. The Hall–Kier alpha value is -8.00. The van der Waals surface area contributed by atoms with Crippen LogP contribution in [0.15, 0.2) is 249 Å². The molecule has 0 radical (unpaired) electrons. The Labute approximate surface area is 376 Å². The summed E-state index contributed by atoms with van der Waals surface area (Å²) in [6.07, 6.45) is 6.42. The van der Waals surface area contributed by atoms with Crippen LogP contribution in [0.2, 0.25) is 0 Å². The van der Waals surface area contributed by atoms with Crippen molar-refractivity contribution in [3.8, 4) is 44.5 Å². The summed E-state index contributed by atoms with van der Waals surface area (Å²) in [6, 6.07) is 79.4. The van der Waals surface area contributed by atoms with E-state index in [-0.39, 0.29) is 10.8 Å². The number of nitrogens with one attached hydrogen (secondary N) is 1. The second-order valence-electron chi connectivity index (χ2n) is 17.1. The molecule has 13 rings (SSSR count). The maximum atomic E-state index is 4.23. The predicted octanol–water partition coefficient (Wildman–Crippen LogP) is 16.0. The summed E-state index contributed by atoms with van der Waals surface area (Å²) in [6.45, 7) is 6.31. The van der Waals surface area contributed by atoms with Crippen LogP contribution < -0.4 is 5.32 Å². The molecule has 1 heteroatoms. The molecule has 0 aromatic heterocycles. The third-order valence-corrected chi connectivity index (χ3v) is 14.1. The molecule has 2 spiro atoms. The van der Waals surface area contributed by atoms with Gasteiger partial charge in [-0.25, -0.2) is 0 Å². The molecule has 64 heavy (non-hydrogen) atoms. The van der Waals surface area contributed by atoms with Crippen molar-refractivity contribution in [1.82, 2.24) is 0 Å². The molecule has 0 unspecified atom stereocenters. The van der Waals surface area contributed by atoms with E-state index < -0.39 is 0 Å². The Morgan fingerprint density at radius 2 is 0.766 bits per heavy atom. The Kier molecular flexibility index (Phi) is 8.74. The third kappa shape index (κ3) is 5.25. The van der Waals surface area contributed by atoms with Crippen LogP contribution in [0.5, 0.6) is 0 Å². The smallest absolute Gasteiger partial charge is 0.0726 e. The molecule has 1 N–H and O–H groups in total. The van der Waals surface area contributed by atoms with Crippen LogP contribution in [0.4, 0.5) is 11.4 Å². The zero-order valence-electron chi connectivity index (χ0n) is 35.7. The molecule has 0 saturated carbocycles. The van der Waals surface area contributed by atoms with Crippen molar-refractivity contribution in [2.45, 2.75) is 17.8 Å². The van der Waals surface area contributed by atoms with Crippen molar-refractivity contribution in [1.29, 1.82) is 0 Å². The van der Waals surface area contributed by atoms with Gasteiger partial charge in [0.05, 0.1) is 10.8 Å². The van der Waals surface area contributed by atoms with Crippen LogP contribution >= 0.6 is 0 Å². The van der Waals surface area contributed by atoms with E-state index in [0.29, 0.717) is 0 Å². The van der Waals surface area contributed by atoms with Gasteiger partial charge in [0.2, 0.25) is 0 Å². The highest BCUT2D eigenvalue weighted by Gasteiger charge is 2.53. The Bertz CT molecular complexity index is 3290. The van der Waals surface area contributed by atoms with Gasteiger partial charge in [-0.05, 0) is 131 Å². The minimum absolute atomic E-state index is 0.264. The number of allylic oxidation sites excluding steroid dienone is 5. The van der Waals surface area contributed by atoms with E-state index in [2.05, 4.69) is 255 Å². The second-order valence-corrected chi connectivity index (χ2v) is 17.1. The monoisotopic (exact) mass is 815 g/mol. The summed E-state index contributed by atoms with van der Waals surface area (Å²) < 4.78 is 0. The zero-order chi connectivity index (χ0) is 42.8. The molecule has 0 amide bonds. The quantitative estimate of drug-likeness (QED) is 0.182. The van der Waals surface area contributed by atoms with Crippen molar-refractivity contribution in [2.75, 3.05) is 5.32 Å². The molecule has 4 aliphatic rings. The molecule has 0 bridgehead atoms. The lowest BCUT2D eigenvalue weighted by Crippen LogP contribution is -2.26. The SMILES string of the molecule is C=CC1=C(/C=C\C)c2ccccc2C12c1ccccc1-c1ccccc12.c1ccc(-c2cccc(Nc3ccc4c(c3)C3(c5ccccc5-c5ccccc53)c3ccccc3-4)c2)cc1. The summed E-state index contributed by atoms with van der Waals surface area (Å²) in [7, 11) is 0. The van der Waals surface area contributed by atoms with Gasteiger partial charge >= 0.3 is 0 Å². The van der Waals surface area contributed by atoms with E-state index in [9.17, 15) is 0 Å². The molecule has 302 valence electrons. The molecule has 4 aliphatic carbocycles. The highest BCUT2D eigenvalue weighted by Crippen LogP contribution is 2.64. The first-order chi connectivity index (χ1) is 31.7. The fraction of sp³-hybridized carbons (Fsp3) is 0.0476. The fourth-order valence-electron chi connectivity index (χ4n) is 11.7. The number of anilines is 2. The van der Waals surface area contributed by atoms with Crippen LogP contribution in [0, 0.1) is 0 Å². The first-order valence-electron chi connectivity index (χ1n) is 22.3. The predicted molar refractivity (Wildman–Crippen MR) is 268 cm³/mol. The molecule has 9 aromatic carbocycles. The van der Waals surface area contributed by atoms with Crippen molar-refractivity contribution >= 4 is 16.9 Å². The minimum Gasteiger partial charge on any atom is -0.355 e. The molecule has 0 fully saturated rings. The first-order valence-corrected chi connectivity index (χ1v) is 22.3. The lowest BCUT2D eigenvalue weighted by atomic mass is 9.69. The fourth-order valence-corrected chi connectivity index (χ4v) is 11.7. The zero-order valence-corrected chi connectivity index (χ0v) is 35.7. The van der Waals surface area contributed by atoms with Crippen molar-refractivity contribution in [2.24, 2.45) is 0 Å². The van der Waals surface area contributed by atoms with Crippen molar-refractivity contribution in [3.05, 3.63) is 293 Å². The average Bonchev–Trinajstić information content (AvgIpc) is 4.03. The molecular weight excluding hydrogens is 771 g/mol. The first kappa shape index (κ1) is 37.7. The normalized spacial score (nSPS) is 14.5. The van der Waals surface area contributed by atoms with Gasteiger partial charge in [0, 0.05) is 11.4 Å². The van der Waals surface area contributed by atoms with E-state index in [4.69, 9.17) is 0 Å². The molecule has 9 aromatic rings. The summed E-state index contributed by atoms with van der Waals surface area (Å²) in [4.78, 5) is 0. The number of hydrogen-bond donors (Lipinski definition) is 1. The van der Waals surface area contributed by atoms with Crippen LogP contribution in [0.3, 0.4) is 0 Å². The molecule has 0 saturated heterocycles. The Morgan fingerprint density at radius 3 is 1.27 bits per heavy atom. The topological polar surface area (TPSA) is 12.0 Å². The third-order valence-electron chi connectivity index (χ3n) is 14.1. The van der Waals surface area contributed by atoms with Gasteiger partial charge in [0.15, 0.2) is 0 Å². The number of fused-ring (bicyclic) bond motifs is 17. The molecule has 0 aliphatic heterocycles. The Balaban J connectivity index is 0.000000145. The van der Waals surface area contributed by atoms with Gasteiger partial charge in [0.1, 0.15) is 0 Å². The Morgan fingerprint density at radius 1 is 0.359 bits per heavy atom. The second kappa shape index (κ2) is 14.8. The van der Waals surface area contributed by atoms with E-state index in [0.717, 1.165) is 11.4 Å². The van der Waals surface area contributed by atoms with Crippen molar-refractivity contribution in [3.63, 3.8) is 0 Å². The number of rotatable bonds is 5. The lowest BCUT2D eigenvalue weighted by molar-refractivity contribution is 0.786. The minimum atomic E-state index is -0.317. The van der Waals surface area contributed by atoms with E-state index in [1.807, 2.05) is 0 Å². The van der Waals surface area contributed by atoms with E-state index in [1.54, 1.807) is 0 Å². The number of hydrogen-bond acceptors (Lipinski definition) is 1. The summed E-state index contributed by atoms with van der Waals surface area (Å²) in [5.41, 5.74) is 25.4. The molecular formula is C63H45N. The van der Waals surface area contributed by atoms with Crippen LogP contribution in [0.25, 0.3) is 50.1 Å². The molecule has 0 heterocycles. The molecule has 0 atom stereocenters. The van der Waals surface area contributed by atoms with E-state index in [1.165, 1.54) is 100 Å². The summed E-state index contributed by atoms with van der Waals surface area (Å²) in [5.74, 6) is 0. The highest BCUT2D eigenvalue weighted by atomic mass is 14.9. The van der Waals surface area contributed by atoms with Gasteiger partial charge in [-0.1, -0.05) is 219 Å². The number of benzene rings is 9. The van der Waals surface area contributed by atoms with Crippen molar-refractivity contribution < 1.29 is 0 Å². The maximum absolute atomic E-state index is 4.23. The lowest BCUT2D eigenvalue weighted by Gasteiger charge is -2.31. The van der Waals surface area contributed by atoms with Crippen LogP contribution in [0.1, 0.15) is 51.4 Å². The van der Waals surface area contributed by atoms with Gasteiger partial charge in [-0.2, -0.15) is 0 Å². The largest absolute Gasteiger partial charge is 0.355 e. The van der Waals surface area contributed by atoms with Gasteiger partial charge in [-0.15, -0.1) is 0 Å². The average molecular weight is 816 g/mol. The van der Waals surface area contributed by atoms with Gasteiger partial charge in [-0.3, -0.25) is 0 Å². The van der Waals surface area contributed by atoms with Gasteiger partial charge < -0.3 is 5.32 Å².